The molecular formula is C18H23ClF4N2O. The molecule has 0 radical (unpaired) electrons. The minimum atomic E-state index is -4.21. The van der Waals surface area contributed by atoms with E-state index in [0.717, 1.165) is 25.9 Å². The summed E-state index contributed by atoms with van der Waals surface area (Å²) in [5.41, 5.74) is 0.828. The normalized spacial score (nSPS) is 19.9. The van der Waals surface area contributed by atoms with Crippen LogP contribution in [0.5, 0.6) is 0 Å². The summed E-state index contributed by atoms with van der Waals surface area (Å²) in [5, 5.41) is 3.23. The van der Waals surface area contributed by atoms with E-state index in [1.807, 2.05) is 0 Å². The van der Waals surface area contributed by atoms with E-state index in [-0.39, 0.29) is 49.8 Å². The molecule has 3 nitrogen and oxygen atoms in total. The molecule has 1 aromatic carbocycles. The van der Waals surface area contributed by atoms with Gasteiger partial charge in [0.2, 0.25) is 0 Å². The number of halogens is 5. The van der Waals surface area contributed by atoms with Crippen molar-refractivity contribution in [3.05, 3.63) is 35.1 Å². The summed E-state index contributed by atoms with van der Waals surface area (Å²) in [7, 11) is 0. The van der Waals surface area contributed by atoms with E-state index >= 15 is 0 Å². The van der Waals surface area contributed by atoms with Crippen LogP contribution in [0, 0.1) is 11.7 Å². The van der Waals surface area contributed by atoms with Gasteiger partial charge in [-0.1, -0.05) is 6.07 Å². The Hall–Kier alpha value is -1.34. The lowest BCUT2D eigenvalue weighted by atomic mass is 9.89. The van der Waals surface area contributed by atoms with Gasteiger partial charge in [0.05, 0.1) is 5.92 Å². The van der Waals surface area contributed by atoms with Gasteiger partial charge in [-0.25, -0.2) is 4.39 Å². The second-order valence-corrected chi connectivity index (χ2v) is 6.87. The first-order valence-corrected chi connectivity index (χ1v) is 8.72. The highest BCUT2D eigenvalue weighted by Crippen LogP contribution is 2.34. The molecule has 0 spiro atoms. The molecule has 0 bridgehead atoms. The maximum absolute atomic E-state index is 14.4. The van der Waals surface area contributed by atoms with Crippen molar-refractivity contribution in [3.8, 4) is 0 Å². The van der Waals surface area contributed by atoms with Crippen LogP contribution >= 0.6 is 12.4 Å². The summed E-state index contributed by atoms with van der Waals surface area (Å²) in [4.78, 5) is 13.9. The average Bonchev–Trinajstić information content (AvgIpc) is 2.61. The zero-order chi connectivity index (χ0) is 18.0. The quantitative estimate of drug-likeness (QED) is 0.765. The first-order valence-electron chi connectivity index (χ1n) is 8.72. The summed E-state index contributed by atoms with van der Waals surface area (Å²) < 4.78 is 52.6. The van der Waals surface area contributed by atoms with Gasteiger partial charge in [-0.2, -0.15) is 13.2 Å². The van der Waals surface area contributed by atoms with Crippen LogP contribution in [0.15, 0.2) is 18.2 Å². The molecule has 0 atom stereocenters. The van der Waals surface area contributed by atoms with E-state index in [1.165, 1.54) is 11.0 Å². The summed E-state index contributed by atoms with van der Waals surface area (Å²) in [6.45, 7) is 1.80. The Balaban J connectivity index is 0.00000243. The highest BCUT2D eigenvalue weighted by molar-refractivity contribution is 5.94. The van der Waals surface area contributed by atoms with Crippen molar-refractivity contribution < 1.29 is 22.4 Å². The smallest absolute Gasteiger partial charge is 0.339 e. The van der Waals surface area contributed by atoms with E-state index in [2.05, 4.69) is 5.32 Å². The van der Waals surface area contributed by atoms with Gasteiger partial charge in [0.1, 0.15) is 5.82 Å². The molecule has 1 aromatic rings. The number of carbonyl (C=O) groups excluding carboxylic acids is 1. The summed E-state index contributed by atoms with van der Waals surface area (Å²) in [5.74, 6) is -2.00. The zero-order valence-electron chi connectivity index (χ0n) is 14.3. The molecule has 0 unspecified atom stereocenters. The Kier molecular flexibility index (Phi) is 6.91. The first-order chi connectivity index (χ1) is 11.9. The van der Waals surface area contributed by atoms with Gasteiger partial charge in [0, 0.05) is 18.7 Å². The van der Waals surface area contributed by atoms with Crippen molar-refractivity contribution >= 4 is 18.3 Å². The number of hydrogen-bond donors (Lipinski definition) is 1. The maximum atomic E-state index is 14.4. The fraction of sp³-hybridized carbons (Fsp3) is 0.611. The molecule has 0 aromatic heterocycles. The summed E-state index contributed by atoms with van der Waals surface area (Å²) in [6.07, 6.45) is -2.68. The molecule has 2 heterocycles. The van der Waals surface area contributed by atoms with Crippen LogP contribution in [0.4, 0.5) is 17.6 Å². The van der Waals surface area contributed by atoms with E-state index in [0.29, 0.717) is 5.56 Å². The number of alkyl halides is 3. The Morgan fingerprint density at radius 3 is 2.23 bits per heavy atom. The minimum Gasteiger partial charge on any atom is -0.339 e. The summed E-state index contributed by atoms with van der Waals surface area (Å²) >= 11 is 0. The van der Waals surface area contributed by atoms with Gasteiger partial charge >= 0.3 is 6.18 Å². The van der Waals surface area contributed by atoms with Crippen molar-refractivity contribution in [3.63, 3.8) is 0 Å². The van der Waals surface area contributed by atoms with E-state index in [4.69, 9.17) is 0 Å². The van der Waals surface area contributed by atoms with Crippen LogP contribution in [-0.2, 0) is 0 Å². The standard InChI is InChI=1S/C18H22F4N2O.ClH/c19-16-11-13(1-2-15(16)12-3-7-23-8-4-12)17(25)24-9-5-14(6-10-24)18(20,21)22;/h1-2,11-12,14,23H,3-10H2;1H. The van der Waals surface area contributed by atoms with E-state index in [9.17, 15) is 22.4 Å². The Morgan fingerprint density at radius 2 is 1.69 bits per heavy atom. The number of rotatable bonds is 2. The monoisotopic (exact) mass is 394 g/mol. The zero-order valence-corrected chi connectivity index (χ0v) is 15.1. The molecule has 3 rings (SSSR count). The third-order valence-corrected chi connectivity index (χ3v) is 5.27. The Morgan fingerprint density at radius 1 is 1.08 bits per heavy atom. The van der Waals surface area contributed by atoms with Crippen molar-refractivity contribution in [2.75, 3.05) is 26.2 Å². The predicted octanol–water partition coefficient (Wildman–Crippen LogP) is 4.13. The molecule has 2 fully saturated rings. The van der Waals surface area contributed by atoms with Gasteiger partial charge in [0.15, 0.2) is 0 Å². The molecule has 0 aliphatic carbocycles. The minimum absolute atomic E-state index is 0. The van der Waals surface area contributed by atoms with Crippen LogP contribution in [0.1, 0.15) is 47.5 Å². The fourth-order valence-corrected chi connectivity index (χ4v) is 3.72. The number of carbonyl (C=O) groups is 1. The van der Waals surface area contributed by atoms with Crippen molar-refractivity contribution in [1.82, 2.24) is 10.2 Å². The Bertz CT molecular complexity index is 624. The summed E-state index contributed by atoms with van der Waals surface area (Å²) in [6, 6.07) is 4.48. The van der Waals surface area contributed by atoms with Crippen LogP contribution in [0.25, 0.3) is 0 Å². The second kappa shape index (κ2) is 8.57. The van der Waals surface area contributed by atoms with Gasteiger partial charge in [0.25, 0.3) is 5.91 Å². The lowest BCUT2D eigenvalue weighted by Gasteiger charge is -2.33. The van der Waals surface area contributed by atoms with Crippen molar-refractivity contribution in [1.29, 1.82) is 0 Å². The highest BCUT2D eigenvalue weighted by atomic mass is 35.5. The number of hydrogen-bond acceptors (Lipinski definition) is 2. The number of amides is 1. The SMILES string of the molecule is Cl.O=C(c1ccc(C2CCNCC2)c(F)c1)N1CCC(C(F)(F)F)CC1. The molecule has 2 aliphatic heterocycles. The van der Waals surface area contributed by atoms with Crippen molar-refractivity contribution in [2.24, 2.45) is 5.92 Å². The van der Waals surface area contributed by atoms with Crippen molar-refractivity contribution in [2.45, 2.75) is 37.8 Å². The lowest BCUT2D eigenvalue weighted by Crippen LogP contribution is -2.42. The molecule has 1 N–H and O–H groups in total. The molecule has 26 heavy (non-hydrogen) atoms. The van der Waals surface area contributed by atoms with Gasteiger partial charge < -0.3 is 10.2 Å². The molecule has 2 aliphatic rings. The first kappa shape index (κ1) is 21.0. The molecule has 146 valence electrons. The average molecular weight is 395 g/mol. The topological polar surface area (TPSA) is 32.3 Å². The lowest BCUT2D eigenvalue weighted by molar-refractivity contribution is -0.183. The molecule has 2 saturated heterocycles. The van der Waals surface area contributed by atoms with Crippen LogP contribution < -0.4 is 5.32 Å². The van der Waals surface area contributed by atoms with Crippen LogP contribution in [-0.4, -0.2) is 43.2 Å². The third-order valence-electron chi connectivity index (χ3n) is 5.27. The molecule has 1 amide bonds. The number of piperidine rings is 2. The molecular weight excluding hydrogens is 372 g/mol. The van der Waals surface area contributed by atoms with Gasteiger partial charge in [-0.15, -0.1) is 12.4 Å². The molecule has 8 heteroatoms. The predicted molar refractivity (Wildman–Crippen MR) is 93.2 cm³/mol. The van der Waals surface area contributed by atoms with Crippen LogP contribution in [0.3, 0.4) is 0 Å². The van der Waals surface area contributed by atoms with E-state index in [1.54, 1.807) is 12.1 Å². The number of nitrogens with one attached hydrogen (secondary N) is 1. The Labute approximate surface area is 156 Å². The highest BCUT2D eigenvalue weighted by Gasteiger charge is 2.41. The maximum Gasteiger partial charge on any atom is 0.391 e. The fourth-order valence-electron chi connectivity index (χ4n) is 3.72. The van der Waals surface area contributed by atoms with Crippen LogP contribution in [0.2, 0.25) is 0 Å². The number of likely N-dealkylation sites (tertiary alicyclic amines) is 1. The third kappa shape index (κ3) is 4.68. The van der Waals surface area contributed by atoms with E-state index < -0.39 is 23.8 Å². The molecule has 0 saturated carbocycles. The number of nitrogens with zero attached hydrogens (tertiary/aromatic N) is 1. The van der Waals surface area contributed by atoms with Gasteiger partial charge in [-0.05, 0) is 62.4 Å². The largest absolute Gasteiger partial charge is 0.391 e. The number of benzene rings is 1. The second-order valence-electron chi connectivity index (χ2n) is 6.87. The van der Waals surface area contributed by atoms with Gasteiger partial charge in [-0.3, -0.25) is 4.79 Å².